The van der Waals surface area contributed by atoms with Gasteiger partial charge in [0.05, 0.1) is 6.10 Å². The third kappa shape index (κ3) is 0.815. The van der Waals surface area contributed by atoms with Crippen LogP contribution in [0.2, 0.25) is 0 Å². The van der Waals surface area contributed by atoms with Crippen LogP contribution in [0.1, 0.15) is 45.4 Å². The van der Waals surface area contributed by atoms with E-state index in [0.717, 1.165) is 29.8 Å². The lowest BCUT2D eigenvalue weighted by Crippen LogP contribution is -2.63. The summed E-state index contributed by atoms with van der Waals surface area (Å²) in [7, 11) is 0. The van der Waals surface area contributed by atoms with Crippen LogP contribution in [-0.4, -0.2) is 34.7 Å². The SMILES string of the molecule is C=C1C2CC3C4N5CC6(C)CCCC47C6C5CC3(C7C2)[C@H]1O. The summed E-state index contributed by atoms with van der Waals surface area (Å²) in [5.74, 6) is 3.21. The minimum atomic E-state index is -0.172. The second-order valence-corrected chi connectivity index (χ2v) is 10.4. The molecule has 1 N–H and O–H groups in total. The minimum Gasteiger partial charge on any atom is -0.388 e. The molecule has 3 saturated heterocycles. The highest BCUT2D eigenvalue weighted by atomic mass is 16.3. The summed E-state index contributed by atoms with van der Waals surface area (Å²) in [4.78, 5) is 2.98. The maximum absolute atomic E-state index is 11.2. The van der Waals surface area contributed by atoms with E-state index in [1.54, 1.807) is 0 Å². The molecule has 2 spiro atoms. The Kier molecular flexibility index (Phi) is 1.64. The van der Waals surface area contributed by atoms with E-state index >= 15 is 0 Å². The average molecular weight is 297 g/mol. The second kappa shape index (κ2) is 2.99. The van der Waals surface area contributed by atoms with Gasteiger partial charge in [-0.15, -0.1) is 0 Å². The van der Waals surface area contributed by atoms with E-state index in [9.17, 15) is 5.11 Å². The Balaban J connectivity index is 1.53. The molecule has 0 aromatic heterocycles. The fourth-order valence-corrected chi connectivity index (χ4v) is 10.4. The monoisotopic (exact) mass is 297 g/mol. The van der Waals surface area contributed by atoms with Crippen molar-refractivity contribution in [2.24, 2.45) is 39.9 Å². The summed E-state index contributed by atoms with van der Waals surface area (Å²) >= 11 is 0. The molecule has 0 aromatic carbocycles. The maximum atomic E-state index is 11.2. The largest absolute Gasteiger partial charge is 0.388 e. The van der Waals surface area contributed by atoms with Crippen molar-refractivity contribution in [1.29, 1.82) is 0 Å². The molecule has 2 heteroatoms. The number of hydrogen-bond acceptors (Lipinski definition) is 2. The molecule has 0 amide bonds. The quantitative estimate of drug-likeness (QED) is 0.695. The number of nitrogens with zero attached hydrogens (tertiary/aromatic N) is 1. The number of piperidine rings is 2. The van der Waals surface area contributed by atoms with E-state index in [0.29, 0.717) is 16.7 Å². The van der Waals surface area contributed by atoms with Crippen molar-refractivity contribution < 1.29 is 5.11 Å². The molecule has 22 heavy (non-hydrogen) atoms. The molecule has 9 fully saturated rings. The molecule has 9 bridgehead atoms. The minimum absolute atomic E-state index is 0.172. The fourth-order valence-electron chi connectivity index (χ4n) is 10.4. The van der Waals surface area contributed by atoms with Crippen molar-refractivity contribution in [3.8, 4) is 0 Å². The number of fused-ring (bicyclic) bond motifs is 1. The predicted molar refractivity (Wildman–Crippen MR) is 84.1 cm³/mol. The van der Waals surface area contributed by atoms with Gasteiger partial charge in [-0.2, -0.15) is 0 Å². The lowest BCUT2D eigenvalue weighted by Gasteiger charge is -2.64. The Hall–Kier alpha value is -0.340. The molecule has 9 aliphatic rings. The topological polar surface area (TPSA) is 23.5 Å². The Morgan fingerprint density at radius 2 is 2.09 bits per heavy atom. The van der Waals surface area contributed by atoms with Crippen LogP contribution in [0.15, 0.2) is 12.2 Å². The molecule has 0 aromatic rings. The molecule has 2 nitrogen and oxygen atoms in total. The molecular formula is C20H27NO. The van der Waals surface area contributed by atoms with Crippen LogP contribution in [0.3, 0.4) is 0 Å². The molecule has 10 unspecified atom stereocenters. The summed E-state index contributed by atoms with van der Waals surface area (Å²) in [6.45, 7) is 8.32. The van der Waals surface area contributed by atoms with Crippen LogP contribution >= 0.6 is 0 Å². The van der Waals surface area contributed by atoms with E-state index in [4.69, 9.17) is 0 Å². The van der Waals surface area contributed by atoms with Gasteiger partial charge in [0.15, 0.2) is 0 Å². The zero-order chi connectivity index (χ0) is 14.6. The first-order valence-electron chi connectivity index (χ1n) is 9.66. The molecule has 3 heterocycles. The Morgan fingerprint density at radius 3 is 2.95 bits per heavy atom. The highest BCUT2D eigenvalue weighted by molar-refractivity contribution is 5.42. The second-order valence-electron chi connectivity index (χ2n) is 10.4. The summed E-state index contributed by atoms with van der Waals surface area (Å²) in [6, 6.07) is 1.64. The Labute approximate surface area is 132 Å². The van der Waals surface area contributed by atoms with Gasteiger partial charge in [-0.3, -0.25) is 4.90 Å². The van der Waals surface area contributed by atoms with Crippen molar-refractivity contribution in [2.75, 3.05) is 6.54 Å². The Morgan fingerprint density at radius 1 is 1.23 bits per heavy atom. The van der Waals surface area contributed by atoms with Crippen molar-refractivity contribution in [3.05, 3.63) is 12.2 Å². The molecule has 9 rings (SSSR count). The predicted octanol–water partition coefficient (Wildman–Crippen LogP) is 2.82. The van der Waals surface area contributed by atoms with E-state index in [2.05, 4.69) is 18.4 Å². The number of aliphatic hydroxyl groups excluding tert-OH is 1. The van der Waals surface area contributed by atoms with Gasteiger partial charge in [-0.1, -0.05) is 19.9 Å². The van der Waals surface area contributed by atoms with Gasteiger partial charge in [0.25, 0.3) is 0 Å². The normalized spacial score (nSPS) is 75.1. The third-order valence-corrected chi connectivity index (χ3v) is 10.3. The first kappa shape index (κ1) is 12.1. The fraction of sp³-hybridized carbons (Fsp3) is 0.900. The zero-order valence-electron chi connectivity index (χ0n) is 13.6. The number of aliphatic hydroxyl groups is 1. The van der Waals surface area contributed by atoms with Crippen LogP contribution in [0.4, 0.5) is 0 Å². The van der Waals surface area contributed by atoms with Crippen molar-refractivity contribution >= 4 is 0 Å². The maximum Gasteiger partial charge on any atom is 0.0813 e. The van der Waals surface area contributed by atoms with Crippen molar-refractivity contribution in [1.82, 2.24) is 4.90 Å². The van der Waals surface area contributed by atoms with Gasteiger partial charge in [0, 0.05) is 24.0 Å². The highest BCUT2D eigenvalue weighted by Gasteiger charge is 2.87. The number of hydrogen-bond donors (Lipinski definition) is 1. The first-order chi connectivity index (χ1) is 10.5. The molecule has 3 aliphatic heterocycles. The van der Waals surface area contributed by atoms with Gasteiger partial charge in [-0.05, 0) is 72.2 Å². The van der Waals surface area contributed by atoms with Crippen LogP contribution in [0.5, 0.6) is 0 Å². The number of rotatable bonds is 0. The first-order valence-corrected chi connectivity index (χ1v) is 9.66. The summed E-state index contributed by atoms with van der Waals surface area (Å²) in [6.07, 6.45) is 8.23. The summed E-state index contributed by atoms with van der Waals surface area (Å²) in [5, 5.41) is 11.2. The van der Waals surface area contributed by atoms with E-state index in [1.807, 2.05) is 0 Å². The van der Waals surface area contributed by atoms with Crippen LogP contribution < -0.4 is 0 Å². The van der Waals surface area contributed by atoms with Gasteiger partial charge < -0.3 is 5.11 Å². The summed E-state index contributed by atoms with van der Waals surface area (Å²) in [5.41, 5.74) is 2.65. The van der Waals surface area contributed by atoms with E-state index in [1.165, 1.54) is 50.6 Å². The molecule has 11 atom stereocenters. The molecule has 0 radical (unpaired) electrons. The molecule has 6 saturated carbocycles. The molecule has 6 aliphatic carbocycles. The van der Waals surface area contributed by atoms with Gasteiger partial charge in [-0.25, -0.2) is 0 Å². The standard InChI is InChI=1S/C20H27NO/c1-10-11-6-12-16-19-5-3-4-18(2)9-21(16)13(15(18)19)8-20(12,17(10)22)14(19)7-11/h11-17,22H,1,3-9H2,2H3/t11?,12?,13?,14?,15?,16?,17-,18?,19?,20?/m0/s1. The smallest absolute Gasteiger partial charge is 0.0813 e. The summed E-state index contributed by atoms with van der Waals surface area (Å²) < 4.78 is 0. The lowest BCUT2D eigenvalue weighted by molar-refractivity contribution is -0.166. The van der Waals surface area contributed by atoms with E-state index < -0.39 is 0 Å². The van der Waals surface area contributed by atoms with Crippen molar-refractivity contribution in [2.45, 2.75) is 63.6 Å². The van der Waals surface area contributed by atoms with Gasteiger partial charge >= 0.3 is 0 Å². The highest BCUT2D eigenvalue weighted by Crippen LogP contribution is 2.86. The average Bonchev–Trinajstić information content (AvgIpc) is 2.90. The van der Waals surface area contributed by atoms with Crippen LogP contribution in [0.25, 0.3) is 0 Å². The van der Waals surface area contributed by atoms with Crippen LogP contribution in [0, 0.1) is 39.9 Å². The van der Waals surface area contributed by atoms with Gasteiger partial charge in [0.1, 0.15) is 0 Å². The Bertz CT molecular complexity index is 644. The molecular weight excluding hydrogens is 270 g/mol. The van der Waals surface area contributed by atoms with E-state index in [-0.39, 0.29) is 11.5 Å². The zero-order valence-corrected chi connectivity index (χ0v) is 13.6. The lowest BCUT2D eigenvalue weighted by atomic mass is 9.40. The third-order valence-electron chi connectivity index (χ3n) is 10.3. The van der Waals surface area contributed by atoms with Crippen LogP contribution in [-0.2, 0) is 0 Å². The molecule has 118 valence electrons. The van der Waals surface area contributed by atoms with Gasteiger partial charge in [0.2, 0.25) is 0 Å². The van der Waals surface area contributed by atoms with Crippen molar-refractivity contribution in [3.63, 3.8) is 0 Å².